The van der Waals surface area contributed by atoms with Gasteiger partial charge in [0.05, 0.1) is 13.7 Å². The van der Waals surface area contributed by atoms with Crippen molar-refractivity contribution in [2.24, 2.45) is 0 Å². The van der Waals surface area contributed by atoms with Crippen LogP contribution in [0.3, 0.4) is 0 Å². The molecule has 0 aliphatic rings. The van der Waals surface area contributed by atoms with E-state index in [2.05, 4.69) is 31.9 Å². The Balaban J connectivity index is 2.34. The second kappa shape index (κ2) is 9.01. The minimum Gasteiger partial charge on any atom is -0.493 e. The highest BCUT2D eigenvalue weighted by molar-refractivity contribution is 9.10. The zero-order valence-corrected chi connectivity index (χ0v) is 16.8. The Morgan fingerprint density at radius 2 is 1.48 bits per heavy atom. The molecule has 0 saturated carbocycles. The lowest BCUT2D eigenvalue weighted by Crippen LogP contribution is -2.14. The third-order valence-corrected chi connectivity index (χ3v) is 4.16. The number of benzene rings is 2. The zero-order chi connectivity index (χ0) is 18.4. The average Bonchev–Trinajstić information content (AvgIpc) is 2.61. The molecule has 0 aromatic heterocycles. The Morgan fingerprint density at radius 3 is 2.04 bits per heavy atom. The molecular weight excluding hydrogens is 456 g/mol. The van der Waals surface area contributed by atoms with E-state index in [1.165, 1.54) is 19.2 Å². The van der Waals surface area contributed by atoms with Crippen LogP contribution in [0.15, 0.2) is 45.3 Å². The van der Waals surface area contributed by atoms with Gasteiger partial charge in [0.15, 0.2) is 0 Å². The molecule has 0 fully saturated rings. The third-order valence-electron chi connectivity index (χ3n) is 3.17. The fraction of sp³-hybridized carbons (Fsp3) is 0.222. The van der Waals surface area contributed by atoms with E-state index < -0.39 is 11.9 Å². The number of carbonyl (C=O) groups is 2. The van der Waals surface area contributed by atoms with Gasteiger partial charge in [-0.1, -0.05) is 38.8 Å². The lowest BCUT2D eigenvalue weighted by atomic mass is 10.2. The molecule has 0 aliphatic heterocycles. The number of hydrogen-bond donors (Lipinski definition) is 0. The maximum absolute atomic E-state index is 12.6. The van der Waals surface area contributed by atoms with Gasteiger partial charge in [-0.05, 0) is 42.8 Å². The molecule has 5 nitrogen and oxygen atoms in total. The molecule has 0 N–H and O–H groups in total. The molecule has 2 rings (SSSR count). The van der Waals surface area contributed by atoms with Gasteiger partial charge in [0.2, 0.25) is 0 Å². The van der Waals surface area contributed by atoms with Crippen LogP contribution in [0, 0.1) is 0 Å². The van der Waals surface area contributed by atoms with E-state index in [0.717, 1.165) is 6.42 Å². The Morgan fingerprint density at radius 1 is 0.920 bits per heavy atom. The van der Waals surface area contributed by atoms with Gasteiger partial charge < -0.3 is 14.2 Å². The Labute approximate surface area is 162 Å². The second-order valence-corrected chi connectivity index (χ2v) is 6.84. The van der Waals surface area contributed by atoms with Crippen molar-refractivity contribution in [3.63, 3.8) is 0 Å². The van der Waals surface area contributed by atoms with Crippen LogP contribution >= 0.6 is 31.9 Å². The summed E-state index contributed by atoms with van der Waals surface area (Å²) in [5, 5.41) is 0. The topological polar surface area (TPSA) is 61.8 Å². The minimum absolute atomic E-state index is 0.112. The molecule has 0 heterocycles. The van der Waals surface area contributed by atoms with Gasteiger partial charge in [-0.25, -0.2) is 9.59 Å². The number of halogens is 2. The van der Waals surface area contributed by atoms with E-state index in [0.29, 0.717) is 21.3 Å². The summed E-state index contributed by atoms with van der Waals surface area (Å²) in [4.78, 5) is 24.5. The van der Waals surface area contributed by atoms with Gasteiger partial charge in [0.25, 0.3) is 0 Å². The van der Waals surface area contributed by atoms with E-state index in [1.54, 1.807) is 24.3 Å². The first-order valence-electron chi connectivity index (χ1n) is 7.48. The van der Waals surface area contributed by atoms with Crippen molar-refractivity contribution >= 4 is 43.8 Å². The van der Waals surface area contributed by atoms with Gasteiger partial charge in [-0.3, -0.25) is 0 Å². The van der Waals surface area contributed by atoms with E-state index in [-0.39, 0.29) is 16.9 Å². The van der Waals surface area contributed by atoms with Crippen molar-refractivity contribution in [2.45, 2.75) is 13.3 Å². The highest BCUT2D eigenvalue weighted by Gasteiger charge is 2.20. The van der Waals surface area contributed by atoms with Crippen LogP contribution in [0.1, 0.15) is 34.1 Å². The monoisotopic (exact) mass is 470 g/mol. The third kappa shape index (κ3) is 5.06. The average molecular weight is 472 g/mol. The van der Waals surface area contributed by atoms with Crippen molar-refractivity contribution in [3.05, 3.63) is 56.5 Å². The predicted molar refractivity (Wildman–Crippen MR) is 100 cm³/mol. The molecule has 0 spiro atoms. The van der Waals surface area contributed by atoms with E-state index in [1.807, 2.05) is 6.92 Å². The summed E-state index contributed by atoms with van der Waals surface area (Å²) >= 11 is 6.61. The standard InChI is InChI=1S/C18H16Br2O5/c1-3-8-24-15-6-4-11(19)9-13(15)18(22)25-16-7-5-12(20)10-14(16)17(21)23-2/h4-7,9-10H,3,8H2,1-2H3. The SMILES string of the molecule is CCCOc1ccc(Br)cc1C(=O)Oc1ccc(Br)cc1C(=O)OC. The van der Waals surface area contributed by atoms with Crippen LogP contribution in [0.2, 0.25) is 0 Å². The molecule has 0 atom stereocenters. The van der Waals surface area contributed by atoms with Crippen LogP contribution in [0.25, 0.3) is 0 Å². The van der Waals surface area contributed by atoms with Crippen LogP contribution in [0.5, 0.6) is 11.5 Å². The first-order valence-corrected chi connectivity index (χ1v) is 9.07. The van der Waals surface area contributed by atoms with Crippen molar-refractivity contribution in [1.29, 1.82) is 0 Å². The predicted octanol–water partition coefficient (Wildman–Crippen LogP) is 5.01. The summed E-state index contributed by atoms with van der Waals surface area (Å²) in [5.41, 5.74) is 0.415. The zero-order valence-electron chi connectivity index (χ0n) is 13.7. The molecule has 132 valence electrons. The molecule has 0 radical (unpaired) electrons. The van der Waals surface area contributed by atoms with Gasteiger partial charge in [0.1, 0.15) is 22.6 Å². The fourth-order valence-electron chi connectivity index (χ4n) is 2.02. The smallest absolute Gasteiger partial charge is 0.347 e. The first-order chi connectivity index (χ1) is 12.0. The molecule has 7 heteroatoms. The van der Waals surface area contributed by atoms with Crippen LogP contribution in [0.4, 0.5) is 0 Å². The molecule has 0 saturated heterocycles. The van der Waals surface area contributed by atoms with Crippen molar-refractivity contribution in [2.75, 3.05) is 13.7 Å². The summed E-state index contributed by atoms with van der Waals surface area (Å²) in [5.74, 6) is -0.686. The Kier molecular flexibility index (Phi) is 7.01. The quantitative estimate of drug-likeness (QED) is 0.438. The maximum Gasteiger partial charge on any atom is 0.347 e. The molecular formula is C18H16Br2O5. The summed E-state index contributed by atoms with van der Waals surface area (Å²) in [6.45, 7) is 2.45. The number of esters is 2. The lowest BCUT2D eigenvalue weighted by Gasteiger charge is -2.13. The van der Waals surface area contributed by atoms with Gasteiger partial charge >= 0.3 is 11.9 Å². The van der Waals surface area contributed by atoms with Crippen molar-refractivity contribution < 1.29 is 23.8 Å². The normalized spacial score (nSPS) is 10.2. The van der Waals surface area contributed by atoms with Crippen LogP contribution in [-0.2, 0) is 4.74 Å². The number of rotatable bonds is 6. The van der Waals surface area contributed by atoms with Gasteiger partial charge in [-0.15, -0.1) is 0 Å². The fourth-order valence-corrected chi connectivity index (χ4v) is 2.74. The number of hydrogen-bond acceptors (Lipinski definition) is 5. The van der Waals surface area contributed by atoms with Crippen molar-refractivity contribution in [1.82, 2.24) is 0 Å². The molecule has 25 heavy (non-hydrogen) atoms. The highest BCUT2D eigenvalue weighted by atomic mass is 79.9. The van der Waals surface area contributed by atoms with Crippen LogP contribution in [-0.4, -0.2) is 25.7 Å². The first kappa shape index (κ1) is 19.5. The minimum atomic E-state index is -0.625. The van der Waals surface area contributed by atoms with Gasteiger partial charge in [0, 0.05) is 8.95 Å². The van der Waals surface area contributed by atoms with E-state index in [4.69, 9.17) is 14.2 Å². The van der Waals surface area contributed by atoms with Gasteiger partial charge in [-0.2, -0.15) is 0 Å². The number of carbonyl (C=O) groups excluding carboxylic acids is 2. The summed E-state index contributed by atoms with van der Waals surface area (Å²) in [6.07, 6.45) is 0.809. The Bertz CT molecular complexity index is 789. The molecule has 0 amide bonds. The number of methoxy groups -OCH3 is 1. The Hall–Kier alpha value is -1.86. The van der Waals surface area contributed by atoms with Crippen LogP contribution < -0.4 is 9.47 Å². The molecule has 0 aliphatic carbocycles. The summed E-state index contributed by atoms with van der Waals surface area (Å²) in [7, 11) is 1.26. The lowest BCUT2D eigenvalue weighted by molar-refractivity contribution is 0.0593. The second-order valence-electron chi connectivity index (χ2n) is 5.01. The molecule has 0 bridgehead atoms. The molecule has 2 aromatic carbocycles. The largest absolute Gasteiger partial charge is 0.493 e. The van der Waals surface area contributed by atoms with E-state index >= 15 is 0 Å². The summed E-state index contributed by atoms with van der Waals surface area (Å²) in [6, 6.07) is 9.82. The highest BCUT2D eigenvalue weighted by Crippen LogP contribution is 2.28. The number of ether oxygens (including phenoxy) is 3. The molecule has 2 aromatic rings. The van der Waals surface area contributed by atoms with Crippen molar-refractivity contribution in [3.8, 4) is 11.5 Å². The maximum atomic E-state index is 12.6. The molecule has 0 unspecified atom stereocenters. The van der Waals surface area contributed by atoms with E-state index in [9.17, 15) is 9.59 Å². The summed E-state index contributed by atoms with van der Waals surface area (Å²) < 4.78 is 17.1.